The third kappa shape index (κ3) is 2.89. The molecule has 8 heteroatoms. The number of hydrogen-bond acceptors (Lipinski definition) is 4. The third-order valence-electron chi connectivity index (χ3n) is 3.53. The molecule has 25 heavy (non-hydrogen) atoms. The fraction of sp³-hybridized carbons (Fsp3) is 0. The topological polar surface area (TPSA) is 52.3 Å². The van der Waals surface area contributed by atoms with Crippen molar-refractivity contribution in [1.82, 2.24) is 19.8 Å². The molecule has 0 fully saturated rings. The van der Waals surface area contributed by atoms with Gasteiger partial charge in [0.25, 0.3) is 0 Å². The highest BCUT2D eigenvalue weighted by Crippen LogP contribution is 2.33. The van der Waals surface area contributed by atoms with Crippen LogP contribution in [-0.4, -0.2) is 19.8 Å². The maximum Gasteiger partial charge on any atom is 0.246 e. The molecule has 0 spiro atoms. The zero-order valence-electron chi connectivity index (χ0n) is 12.5. The first-order chi connectivity index (χ1) is 12.1. The second kappa shape index (κ2) is 6.10. The van der Waals surface area contributed by atoms with Crippen molar-refractivity contribution >= 4 is 17.2 Å². The normalized spacial score (nSPS) is 11.0. The Morgan fingerprint density at radius 3 is 2.60 bits per heavy atom. The summed E-state index contributed by atoms with van der Waals surface area (Å²) in [7, 11) is 0. The molecular formula is C17H9ClF2N4O. The van der Waals surface area contributed by atoms with Crippen LogP contribution in [0.1, 0.15) is 0 Å². The number of para-hydroxylation sites is 1. The maximum atomic E-state index is 13.5. The van der Waals surface area contributed by atoms with Crippen LogP contribution in [0.3, 0.4) is 0 Å². The molecule has 0 saturated carbocycles. The zero-order valence-corrected chi connectivity index (χ0v) is 13.3. The quantitative estimate of drug-likeness (QED) is 0.540. The van der Waals surface area contributed by atoms with Crippen molar-refractivity contribution in [2.24, 2.45) is 0 Å². The molecule has 0 atom stereocenters. The van der Waals surface area contributed by atoms with Crippen molar-refractivity contribution in [2.75, 3.05) is 0 Å². The molecule has 2 heterocycles. The molecule has 0 saturated heterocycles. The van der Waals surface area contributed by atoms with Crippen LogP contribution in [-0.2, 0) is 0 Å². The van der Waals surface area contributed by atoms with Crippen molar-refractivity contribution in [3.8, 4) is 22.8 Å². The molecule has 0 bridgehead atoms. The Morgan fingerprint density at radius 2 is 1.76 bits per heavy atom. The smallest absolute Gasteiger partial charge is 0.246 e. The van der Waals surface area contributed by atoms with Crippen LogP contribution in [0.2, 0.25) is 5.28 Å². The summed E-state index contributed by atoms with van der Waals surface area (Å²) in [6.45, 7) is 0. The molecule has 0 amide bonds. The lowest BCUT2D eigenvalue weighted by Gasteiger charge is -2.11. The van der Waals surface area contributed by atoms with E-state index >= 15 is 0 Å². The lowest BCUT2D eigenvalue weighted by Crippen LogP contribution is -1.97. The minimum absolute atomic E-state index is 0.106. The Morgan fingerprint density at radius 1 is 0.920 bits per heavy atom. The Labute approximate surface area is 145 Å². The van der Waals surface area contributed by atoms with Crippen LogP contribution in [0.25, 0.3) is 16.8 Å². The van der Waals surface area contributed by atoms with E-state index in [9.17, 15) is 8.78 Å². The van der Waals surface area contributed by atoms with Crippen LogP contribution in [0, 0.1) is 11.6 Å². The second-order valence-corrected chi connectivity index (χ2v) is 5.48. The van der Waals surface area contributed by atoms with Crippen molar-refractivity contribution in [3.05, 3.63) is 71.5 Å². The SMILES string of the molecule is Fc1ccc(-c2ccccc2Oc2ccc3nnc(Cl)n3n2)cc1F. The molecule has 124 valence electrons. The van der Waals surface area contributed by atoms with E-state index in [0.717, 1.165) is 12.1 Å². The van der Waals surface area contributed by atoms with E-state index in [0.29, 0.717) is 22.5 Å². The molecule has 2 aromatic carbocycles. The van der Waals surface area contributed by atoms with Crippen LogP contribution in [0.5, 0.6) is 11.6 Å². The molecule has 4 rings (SSSR count). The summed E-state index contributed by atoms with van der Waals surface area (Å²) < 4.78 is 33.9. The number of nitrogens with zero attached hydrogens (tertiary/aromatic N) is 4. The molecule has 4 aromatic rings. The van der Waals surface area contributed by atoms with Gasteiger partial charge in [0.05, 0.1) is 0 Å². The van der Waals surface area contributed by atoms with Crippen LogP contribution in [0.15, 0.2) is 54.6 Å². The summed E-state index contributed by atoms with van der Waals surface area (Å²) in [5.41, 5.74) is 1.56. The summed E-state index contributed by atoms with van der Waals surface area (Å²) in [4.78, 5) is 0. The van der Waals surface area contributed by atoms with Gasteiger partial charge in [-0.3, -0.25) is 0 Å². The predicted octanol–water partition coefficient (Wildman–Crippen LogP) is 4.52. The van der Waals surface area contributed by atoms with E-state index in [2.05, 4.69) is 15.3 Å². The number of halogens is 3. The average molecular weight is 359 g/mol. The number of fused-ring (bicyclic) bond motifs is 1. The number of benzene rings is 2. The van der Waals surface area contributed by atoms with Crippen molar-refractivity contribution < 1.29 is 13.5 Å². The molecule has 0 aliphatic heterocycles. The summed E-state index contributed by atoms with van der Waals surface area (Å²) in [6.07, 6.45) is 0. The Balaban J connectivity index is 1.75. The lowest BCUT2D eigenvalue weighted by atomic mass is 10.0. The van der Waals surface area contributed by atoms with Gasteiger partial charge in [0, 0.05) is 11.6 Å². The first-order valence-electron chi connectivity index (χ1n) is 7.22. The van der Waals surface area contributed by atoms with E-state index in [1.54, 1.807) is 36.4 Å². The largest absolute Gasteiger partial charge is 0.437 e. The number of rotatable bonds is 3. The molecule has 2 aromatic heterocycles. The highest BCUT2D eigenvalue weighted by molar-refractivity contribution is 6.28. The van der Waals surface area contributed by atoms with E-state index in [1.807, 2.05) is 0 Å². The summed E-state index contributed by atoms with van der Waals surface area (Å²) >= 11 is 5.90. The molecule has 0 aliphatic carbocycles. The monoisotopic (exact) mass is 358 g/mol. The second-order valence-electron chi connectivity index (χ2n) is 5.14. The molecular weight excluding hydrogens is 350 g/mol. The molecule has 0 aliphatic rings. The van der Waals surface area contributed by atoms with Gasteiger partial charge in [-0.25, -0.2) is 8.78 Å². The van der Waals surface area contributed by atoms with E-state index in [-0.39, 0.29) is 11.2 Å². The van der Waals surface area contributed by atoms with Crippen LogP contribution >= 0.6 is 11.6 Å². The number of aromatic nitrogens is 4. The Kier molecular flexibility index (Phi) is 3.77. The number of hydrogen-bond donors (Lipinski definition) is 0. The first kappa shape index (κ1) is 15.5. The van der Waals surface area contributed by atoms with Gasteiger partial charge in [0.2, 0.25) is 11.2 Å². The molecule has 0 unspecified atom stereocenters. The lowest BCUT2D eigenvalue weighted by molar-refractivity contribution is 0.454. The van der Waals surface area contributed by atoms with Gasteiger partial charge in [-0.2, -0.15) is 4.52 Å². The van der Waals surface area contributed by atoms with Gasteiger partial charge in [-0.05, 0) is 41.4 Å². The predicted molar refractivity (Wildman–Crippen MR) is 87.7 cm³/mol. The number of ether oxygens (including phenoxy) is 1. The highest BCUT2D eigenvalue weighted by atomic mass is 35.5. The van der Waals surface area contributed by atoms with Crippen LogP contribution in [0.4, 0.5) is 8.78 Å². The van der Waals surface area contributed by atoms with Crippen molar-refractivity contribution in [3.63, 3.8) is 0 Å². The standard InChI is InChI=1S/C17H9ClF2N4O/c18-17-22-21-15-7-8-16(23-24(15)17)25-14-4-2-1-3-11(14)10-5-6-12(19)13(20)9-10/h1-9H. The fourth-order valence-electron chi connectivity index (χ4n) is 2.37. The maximum absolute atomic E-state index is 13.5. The van der Waals surface area contributed by atoms with E-state index in [1.165, 1.54) is 10.6 Å². The molecule has 0 N–H and O–H groups in total. The minimum atomic E-state index is -0.928. The molecule has 5 nitrogen and oxygen atoms in total. The van der Waals surface area contributed by atoms with Gasteiger partial charge in [0.15, 0.2) is 17.3 Å². The summed E-state index contributed by atoms with van der Waals surface area (Å²) in [6, 6.07) is 13.9. The van der Waals surface area contributed by atoms with Gasteiger partial charge in [0.1, 0.15) is 5.75 Å². The van der Waals surface area contributed by atoms with Gasteiger partial charge in [-0.1, -0.05) is 24.3 Å². The van der Waals surface area contributed by atoms with Crippen molar-refractivity contribution in [2.45, 2.75) is 0 Å². The minimum Gasteiger partial charge on any atom is -0.437 e. The Bertz CT molecular complexity index is 1080. The summed E-state index contributed by atoms with van der Waals surface area (Å²) in [5.74, 6) is -1.14. The van der Waals surface area contributed by atoms with Gasteiger partial charge >= 0.3 is 0 Å². The van der Waals surface area contributed by atoms with Gasteiger partial charge in [-0.15, -0.1) is 15.3 Å². The van der Waals surface area contributed by atoms with E-state index < -0.39 is 11.6 Å². The first-order valence-corrected chi connectivity index (χ1v) is 7.60. The third-order valence-corrected chi connectivity index (χ3v) is 3.77. The zero-order chi connectivity index (χ0) is 17.4. The average Bonchev–Trinajstić information content (AvgIpc) is 2.99. The fourth-order valence-corrected chi connectivity index (χ4v) is 2.53. The van der Waals surface area contributed by atoms with Crippen molar-refractivity contribution in [1.29, 1.82) is 0 Å². The summed E-state index contributed by atoms with van der Waals surface area (Å²) in [5, 5.41) is 11.9. The highest BCUT2D eigenvalue weighted by Gasteiger charge is 2.12. The molecule has 0 radical (unpaired) electrons. The van der Waals surface area contributed by atoms with Crippen LogP contribution < -0.4 is 4.74 Å². The van der Waals surface area contributed by atoms with E-state index in [4.69, 9.17) is 16.3 Å². The Hall–Kier alpha value is -3.06. The van der Waals surface area contributed by atoms with Gasteiger partial charge < -0.3 is 4.74 Å².